The van der Waals surface area contributed by atoms with Gasteiger partial charge in [-0.15, -0.1) is 0 Å². The van der Waals surface area contributed by atoms with Crippen LogP contribution >= 0.6 is 0 Å². The van der Waals surface area contributed by atoms with Gasteiger partial charge in [-0.3, -0.25) is 4.98 Å². The van der Waals surface area contributed by atoms with E-state index in [1.165, 1.54) is 12.3 Å². The molecule has 31 heavy (non-hydrogen) atoms. The maximum atomic E-state index is 14.5. The minimum Gasteiger partial charge on any atom is -0.449 e. The van der Waals surface area contributed by atoms with Crippen LogP contribution in [0.5, 0.6) is 11.5 Å². The van der Waals surface area contributed by atoms with E-state index in [1.807, 2.05) is 0 Å². The fourth-order valence-electron chi connectivity index (χ4n) is 2.74. The van der Waals surface area contributed by atoms with E-state index in [0.29, 0.717) is 6.07 Å². The number of fused-ring (bicyclic) bond motifs is 1. The first-order valence-electron chi connectivity index (χ1n) is 8.64. The Kier molecular flexibility index (Phi) is 5.23. The molecule has 160 valence electrons. The van der Waals surface area contributed by atoms with Gasteiger partial charge in [0.05, 0.1) is 12.2 Å². The Morgan fingerprint density at radius 2 is 1.81 bits per heavy atom. The molecule has 0 atom stereocenters. The van der Waals surface area contributed by atoms with Crippen molar-refractivity contribution in [2.75, 3.05) is 5.32 Å². The summed E-state index contributed by atoms with van der Waals surface area (Å²) in [6.07, 6.45) is 1.34. The number of aliphatic imine (C=N–C) groups is 1. The number of ether oxygens (including phenoxy) is 1. The zero-order valence-electron chi connectivity index (χ0n) is 15.4. The van der Waals surface area contributed by atoms with Crippen molar-refractivity contribution in [2.45, 2.75) is 11.4 Å². The lowest BCUT2D eigenvalue weighted by molar-refractivity contribution is 0.412. The van der Waals surface area contributed by atoms with Gasteiger partial charge in [0.25, 0.3) is 10.0 Å². The Morgan fingerprint density at radius 3 is 2.55 bits per heavy atom. The minimum absolute atomic E-state index is 0.0501. The van der Waals surface area contributed by atoms with Crippen LogP contribution in [0.1, 0.15) is 5.69 Å². The minimum atomic E-state index is -4.21. The Bertz CT molecular complexity index is 1320. The van der Waals surface area contributed by atoms with E-state index in [9.17, 15) is 26.0 Å². The molecule has 4 rings (SSSR count). The van der Waals surface area contributed by atoms with Crippen molar-refractivity contribution < 1.29 is 30.7 Å². The van der Waals surface area contributed by atoms with Gasteiger partial charge in [0.15, 0.2) is 23.1 Å². The summed E-state index contributed by atoms with van der Waals surface area (Å²) in [5.41, 5.74) is -0.409. The summed E-state index contributed by atoms with van der Waals surface area (Å²) in [4.78, 5) is 7.34. The van der Waals surface area contributed by atoms with Crippen LogP contribution in [0, 0.1) is 23.3 Å². The number of guanidine groups is 1. The van der Waals surface area contributed by atoms with Crippen LogP contribution in [-0.2, 0) is 16.6 Å². The molecule has 7 nitrogen and oxygen atoms in total. The molecule has 12 heteroatoms. The maximum Gasteiger partial charge on any atom is 0.266 e. The average molecular weight is 452 g/mol. The lowest BCUT2D eigenvalue weighted by Gasteiger charge is -2.24. The van der Waals surface area contributed by atoms with Gasteiger partial charge in [0.1, 0.15) is 22.2 Å². The zero-order valence-corrected chi connectivity index (χ0v) is 16.2. The van der Waals surface area contributed by atoms with Gasteiger partial charge in [-0.05, 0) is 36.4 Å². The van der Waals surface area contributed by atoms with Gasteiger partial charge in [0.2, 0.25) is 5.96 Å². The Morgan fingerprint density at radius 1 is 1.00 bits per heavy atom. The standard InChI is InChI=1S/C19H12F4N4O3S/c20-10-3-5-15(13(23)8-10)30-18-12(22)4-6-16-17(18)26-19(27-31(16,28)29)25-9-14-11(21)2-1-7-24-14/h1-8H,9H2,(H2,25,26,27). The van der Waals surface area contributed by atoms with E-state index in [4.69, 9.17) is 4.74 Å². The number of hydrogen-bond acceptors (Lipinski definition) is 5. The molecular formula is C19H12F4N4O3S. The van der Waals surface area contributed by atoms with Crippen LogP contribution < -0.4 is 14.8 Å². The quantitative estimate of drug-likeness (QED) is 0.589. The second-order valence-corrected chi connectivity index (χ2v) is 7.90. The molecule has 0 saturated carbocycles. The predicted molar refractivity (Wildman–Crippen MR) is 102 cm³/mol. The van der Waals surface area contributed by atoms with Gasteiger partial charge < -0.3 is 10.1 Å². The summed E-state index contributed by atoms with van der Waals surface area (Å²) in [6.45, 7) is -0.328. The third-order valence-electron chi connectivity index (χ3n) is 4.16. The van der Waals surface area contributed by atoms with Crippen LogP contribution in [0.4, 0.5) is 23.2 Å². The molecule has 0 amide bonds. The third kappa shape index (κ3) is 4.14. The highest BCUT2D eigenvalue weighted by Gasteiger charge is 2.31. The number of rotatable bonds is 4. The van der Waals surface area contributed by atoms with E-state index in [2.05, 4.69) is 20.0 Å². The van der Waals surface area contributed by atoms with Crippen molar-refractivity contribution in [3.05, 3.63) is 77.6 Å². The molecule has 2 N–H and O–H groups in total. The summed E-state index contributed by atoms with van der Waals surface area (Å²) in [5, 5.41) is 2.55. The Hall–Kier alpha value is -3.67. The van der Waals surface area contributed by atoms with Crippen LogP contribution in [-0.4, -0.2) is 19.4 Å². The maximum absolute atomic E-state index is 14.5. The van der Waals surface area contributed by atoms with Gasteiger partial charge in [-0.25, -0.2) is 35.7 Å². The van der Waals surface area contributed by atoms with E-state index in [0.717, 1.165) is 30.3 Å². The van der Waals surface area contributed by atoms with Crippen molar-refractivity contribution in [1.29, 1.82) is 0 Å². The van der Waals surface area contributed by atoms with E-state index in [-0.39, 0.29) is 23.9 Å². The molecule has 1 aromatic heterocycles. The smallest absolute Gasteiger partial charge is 0.266 e. The number of anilines is 1. The third-order valence-corrected chi connectivity index (χ3v) is 5.54. The van der Waals surface area contributed by atoms with Gasteiger partial charge in [-0.1, -0.05) is 0 Å². The summed E-state index contributed by atoms with van der Waals surface area (Å²) in [6, 6.07) is 6.69. The van der Waals surface area contributed by atoms with Crippen LogP contribution in [0.3, 0.4) is 0 Å². The first kappa shape index (κ1) is 20.6. The summed E-state index contributed by atoms with van der Waals surface area (Å²) in [5.74, 6) is -5.18. The number of halogens is 4. The molecule has 3 aromatic rings. The molecule has 2 heterocycles. The SMILES string of the molecule is O=S1(=O)NC(=NCc2ncccc2F)Nc2c1ccc(F)c2Oc1ccc(F)cc1F. The van der Waals surface area contributed by atoms with Crippen molar-refractivity contribution in [1.82, 2.24) is 9.71 Å². The van der Waals surface area contributed by atoms with Crippen LogP contribution in [0.2, 0.25) is 0 Å². The number of aromatic nitrogens is 1. The second kappa shape index (κ2) is 7.87. The summed E-state index contributed by atoms with van der Waals surface area (Å²) < 4.78 is 87.8. The number of sulfonamides is 1. The number of pyridine rings is 1. The monoisotopic (exact) mass is 452 g/mol. The zero-order chi connectivity index (χ0) is 22.2. The Labute approximate surface area is 173 Å². The molecule has 0 aliphatic carbocycles. The van der Waals surface area contributed by atoms with Crippen molar-refractivity contribution in [3.8, 4) is 11.5 Å². The molecule has 0 saturated heterocycles. The number of nitrogens with one attached hydrogen (secondary N) is 2. The molecule has 0 spiro atoms. The molecule has 2 aromatic carbocycles. The van der Waals surface area contributed by atoms with Crippen molar-refractivity contribution >= 4 is 21.7 Å². The number of benzene rings is 2. The largest absolute Gasteiger partial charge is 0.449 e. The number of hydrogen-bond donors (Lipinski definition) is 2. The van der Waals surface area contributed by atoms with Crippen LogP contribution in [0.15, 0.2) is 58.5 Å². The molecule has 0 unspecified atom stereocenters. The van der Waals surface area contributed by atoms with Gasteiger partial charge in [-0.2, -0.15) is 0 Å². The summed E-state index contributed by atoms with van der Waals surface area (Å²) >= 11 is 0. The molecule has 0 bridgehead atoms. The fourth-order valence-corrected chi connectivity index (χ4v) is 3.88. The molecule has 0 radical (unpaired) electrons. The highest BCUT2D eigenvalue weighted by molar-refractivity contribution is 7.90. The van der Waals surface area contributed by atoms with E-state index in [1.54, 1.807) is 0 Å². The lowest BCUT2D eigenvalue weighted by Crippen LogP contribution is -2.41. The molecular weight excluding hydrogens is 440 g/mol. The average Bonchev–Trinajstić information content (AvgIpc) is 2.70. The first-order valence-corrected chi connectivity index (χ1v) is 10.1. The predicted octanol–water partition coefficient (Wildman–Crippen LogP) is 3.69. The van der Waals surface area contributed by atoms with E-state index >= 15 is 0 Å². The highest BCUT2D eigenvalue weighted by atomic mass is 32.2. The van der Waals surface area contributed by atoms with Crippen LogP contribution in [0.25, 0.3) is 0 Å². The molecule has 0 fully saturated rings. The first-order chi connectivity index (χ1) is 14.7. The topological polar surface area (TPSA) is 92.7 Å². The van der Waals surface area contributed by atoms with E-state index < -0.39 is 49.7 Å². The number of nitrogens with zero attached hydrogens (tertiary/aromatic N) is 2. The lowest BCUT2D eigenvalue weighted by atomic mass is 10.2. The highest BCUT2D eigenvalue weighted by Crippen LogP contribution is 2.39. The van der Waals surface area contributed by atoms with Gasteiger partial charge >= 0.3 is 0 Å². The van der Waals surface area contributed by atoms with Gasteiger partial charge in [0, 0.05) is 12.3 Å². The van der Waals surface area contributed by atoms with Crippen molar-refractivity contribution in [2.24, 2.45) is 4.99 Å². The molecule has 1 aliphatic rings. The molecule has 1 aliphatic heterocycles. The fraction of sp³-hybridized carbons (Fsp3) is 0.0526. The Balaban J connectivity index is 1.73. The summed E-state index contributed by atoms with van der Waals surface area (Å²) in [7, 11) is -4.21. The van der Waals surface area contributed by atoms with Crippen molar-refractivity contribution in [3.63, 3.8) is 0 Å². The second-order valence-electron chi connectivity index (χ2n) is 6.25. The normalized spacial score (nSPS) is 15.7.